The van der Waals surface area contributed by atoms with Gasteiger partial charge in [-0.2, -0.15) is 0 Å². The summed E-state index contributed by atoms with van der Waals surface area (Å²) >= 11 is 0. The summed E-state index contributed by atoms with van der Waals surface area (Å²) in [6.45, 7) is 13.1. The van der Waals surface area contributed by atoms with E-state index in [0.29, 0.717) is 18.9 Å². The first-order valence-electron chi connectivity index (χ1n) is 14.3. The summed E-state index contributed by atoms with van der Waals surface area (Å²) in [6, 6.07) is 6.30. The number of aliphatic carboxylic acids is 1. The Labute approximate surface area is 243 Å². The van der Waals surface area contributed by atoms with Crippen molar-refractivity contribution in [3.8, 4) is 0 Å². The molecule has 0 radical (unpaired) electrons. The van der Waals surface area contributed by atoms with Crippen LogP contribution in [0, 0.1) is 16.7 Å². The van der Waals surface area contributed by atoms with Crippen LogP contribution in [-0.4, -0.2) is 53.5 Å². The molecule has 1 aliphatic rings. The average Bonchev–Trinajstić information content (AvgIpc) is 3.69. The molecule has 10 heteroatoms. The molecule has 1 aromatic carbocycles. The van der Waals surface area contributed by atoms with Gasteiger partial charge >= 0.3 is 5.97 Å². The predicted molar refractivity (Wildman–Crippen MR) is 158 cm³/mol. The largest absolute Gasteiger partial charge is 0.480 e. The van der Waals surface area contributed by atoms with Crippen molar-refractivity contribution in [2.75, 3.05) is 6.54 Å². The third kappa shape index (κ3) is 11.3. The van der Waals surface area contributed by atoms with E-state index in [1.807, 2.05) is 32.9 Å². The fraction of sp³-hybridized carbons (Fsp3) is 0.613. The van der Waals surface area contributed by atoms with Crippen LogP contribution in [0.15, 0.2) is 36.4 Å². The van der Waals surface area contributed by atoms with Crippen molar-refractivity contribution in [3.05, 3.63) is 47.5 Å². The van der Waals surface area contributed by atoms with Crippen LogP contribution in [0.4, 0.5) is 0 Å². The van der Waals surface area contributed by atoms with Crippen molar-refractivity contribution in [2.45, 2.75) is 98.6 Å². The van der Waals surface area contributed by atoms with Gasteiger partial charge in [-0.3, -0.25) is 14.4 Å². The van der Waals surface area contributed by atoms with Crippen molar-refractivity contribution in [1.29, 1.82) is 0 Å². The number of benzene rings is 1. The number of carboxylic acids is 1. The van der Waals surface area contributed by atoms with Crippen LogP contribution in [0.1, 0.15) is 85.0 Å². The fourth-order valence-electron chi connectivity index (χ4n) is 4.42. The van der Waals surface area contributed by atoms with Crippen molar-refractivity contribution in [2.24, 2.45) is 22.5 Å². The number of carbonyl (C=O) groups is 4. The smallest absolute Gasteiger partial charge is 0.326 e. The first kappa shape index (κ1) is 34.0. The van der Waals surface area contributed by atoms with Gasteiger partial charge in [0.2, 0.25) is 17.7 Å². The van der Waals surface area contributed by atoms with E-state index < -0.39 is 35.3 Å². The Hall–Kier alpha value is -3.24. The minimum absolute atomic E-state index is 0.0190. The Morgan fingerprint density at radius 3 is 2.24 bits per heavy atom. The highest BCUT2D eigenvalue weighted by Gasteiger charge is 2.43. The second-order valence-corrected chi connectivity index (χ2v) is 12.9. The normalized spacial score (nSPS) is 19.2. The van der Waals surface area contributed by atoms with Crippen LogP contribution in [0.3, 0.4) is 0 Å². The predicted octanol–water partition coefficient (Wildman–Crippen LogP) is 3.21. The molecule has 0 aliphatic carbocycles. The first-order valence-corrected chi connectivity index (χ1v) is 14.3. The molecular weight excluding hydrogens is 524 g/mol. The highest BCUT2D eigenvalue weighted by molar-refractivity contribution is 5.93. The van der Waals surface area contributed by atoms with Crippen LogP contribution < -0.4 is 21.7 Å². The van der Waals surface area contributed by atoms with Crippen molar-refractivity contribution in [3.63, 3.8) is 0 Å². The van der Waals surface area contributed by atoms with E-state index in [4.69, 9.17) is 10.5 Å². The molecule has 0 saturated carbocycles. The monoisotopic (exact) mass is 572 g/mol. The number of hydrogen-bond acceptors (Lipinski definition) is 6. The molecule has 1 aliphatic heterocycles. The van der Waals surface area contributed by atoms with E-state index in [2.05, 4.69) is 35.0 Å². The SMILES string of the molecule is CC(CC/C=C/C(=O)N[C@H](C)C(=O)NCC(C)(C)C(=O)N[C@@H](CC(C)(C)C)C(=O)O)C1OC1c1ccc(CN)cc1. The van der Waals surface area contributed by atoms with Crippen LogP contribution in [0.25, 0.3) is 0 Å². The highest BCUT2D eigenvalue weighted by Crippen LogP contribution is 2.44. The second-order valence-electron chi connectivity index (χ2n) is 12.9. The van der Waals surface area contributed by atoms with E-state index in [-0.39, 0.29) is 36.5 Å². The summed E-state index contributed by atoms with van der Waals surface area (Å²) in [7, 11) is 0. The number of rotatable bonds is 15. The second kappa shape index (κ2) is 14.6. The summed E-state index contributed by atoms with van der Waals surface area (Å²) < 4.78 is 5.88. The van der Waals surface area contributed by atoms with Gasteiger partial charge in [0.25, 0.3) is 0 Å². The number of carboxylic acid groups (broad SMARTS) is 1. The molecule has 3 unspecified atom stereocenters. The standard InChI is InChI=1S/C31H48N4O6/c1-19(25-26(41-25)22-14-12-21(17-32)13-15-22)10-8-9-11-24(36)34-20(2)27(37)33-18-31(6,7)29(40)35-23(28(38)39)16-30(3,4)5/h9,11-15,19-20,23,25-26H,8,10,16-18,32H2,1-7H3,(H,33,37)(H,34,36)(H,35,40)(H,38,39)/b11-9+/t19?,20-,23+,25?,26?/m1/s1. The van der Waals surface area contributed by atoms with Crippen LogP contribution in [0.5, 0.6) is 0 Å². The van der Waals surface area contributed by atoms with Gasteiger partial charge in [-0.1, -0.05) is 58.0 Å². The summed E-state index contributed by atoms with van der Waals surface area (Å²) in [5.74, 6) is -2.08. The number of amides is 3. The van der Waals surface area contributed by atoms with Gasteiger partial charge in [-0.15, -0.1) is 0 Å². The number of ether oxygens (including phenoxy) is 1. The molecule has 2 rings (SSSR count). The van der Waals surface area contributed by atoms with Gasteiger partial charge in [0.1, 0.15) is 18.2 Å². The van der Waals surface area contributed by atoms with E-state index in [1.54, 1.807) is 26.8 Å². The maximum Gasteiger partial charge on any atom is 0.326 e. The Morgan fingerprint density at radius 1 is 1.05 bits per heavy atom. The van der Waals surface area contributed by atoms with Gasteiger partial charge in [0.05, 0.1) is 11.5 Å². The van der Waals surface area contributed by atoms with Gasteiger partial charge in [-0.05, 0) is 68.6 Å². The molecule has 228 valence electrons. The molecule has 0 aromatic heterocycles. The topological polar surface area (TPSA) is 163 Å². The minimum atomic E-state index is -1.11. The van der Waals surface area contributed by atoms with E-state index in [1.165, 1.54) is 6.08 Å². The maximum absolute atomic E-state index is 12.8. The summed E-state index contributed by atoms with van der Waals surface area (Å²) in [5, 5.41) is 17.4. The number of nitrogens with one attached hydrogen (secondary N) is 3. The van der Waals surface area contributed by atoms with E-state index in [0.717, 1.165) is 17.5 Å². The molecule has 41 heavy (non-hydrogen) atoms. The van der Waals surface area contributed by atoms with Gasteiger partial charge < -0.3 is 31.5 Å². The van der Waals surface area contributed by atoms with Gasteiger partial charge in [0, 0.05) is 13.1 Å². The Morgan fingerprint density at radius 2 is 1.68 bits per heavy atom. The molecule has 0 spiro atoms. The number of nitrogens with two attached hydrogens (primary N) is 1. The highest BCUT2D eigenvalue weighted by atomic mass is 16.6. The van der Waals surface area contributed by atoms with Gasteiger partial charge in [-0.25, -0.2) is 4.79 Å². The Balaban J connectivity index is 1.72. The van der Waals surface area contributed by atoms with Crippen molar-refractivity contribution >= 4 is 23.7 Å². The minimum Gasteiger partial charge on any atom is -0.480 e. The summed E-state index contributed by atoms with van der Waals surface area (Å²) in [5.41, 5.74) is 6.55. The zero-order valence-corrected chi connectivity index (χ0v) is 25.5. The fourth-order valence-corrected chi connectivity index (χ4v) is 4.42. The zero-order valence-electron chi connectivity index (χ0n) is 25.5. The molecule has 0 bridgehead atoms. The Kier molecular flexibility index (Phi) is 12.1. The zero-order chi connectivity index (χ0) is 31.0. The van der Waals surface area contributed by atoms with Crippen LogP contribution in [0.2, 0.25) is 0 Å². The molecule has 3 amide bonds. The molecule has 1 heterocycles. The molecule has 1 aromatic rings. The molecular formula is C31H48N4O6. The van der Waals surface area contributed by atoms with E-state index >= 15 is 0 Å². The lowest BCUT2D eigenvalue weighted by Gasteiger charge is -2.29. The molecule has 5 atom stereocenters. The third-order valence-electron chi connectivity index (χ3n) is 7.18. The summed E-state index contributed by atoms with van der Waals surface area (Å²) in [4.78, 5) is 49.2. The number of epoxide rings is 1. The third-order valence-corrected chi connectivity index (χ3v) is 7.18. The van der Waals surface area contributed by atoms with Crippen LogP contribution >= 0.6 is 0 Å². The average molecular weight is 573 g/mol. The summed E-state index contributed by atoms with van der Waals surface area (Å²) in [6.07, 6.45) is 5.29. The number of carbonyl (C=O) groups excluding carboxylic acids is 3. The maximum atomic E-state index is 12.8. The number of allylic oxidation sites excluding steroid dienone is 1. The molecule has 10 nitrogen and oxygen atoms in total. The van der Waals surface area contributed by atoms with Crippen LogP contribution in [-0.2, 0) is 30.5 Å². The lowest BCUT2D eigenvalue weighted by atomic mass is 9.86. The Bertz CT molecular complexity index is 1090. The molecule has 6 N–H and O–H groups in total. The first-order chi connectivity index (χ1) is 19.0. The van der Waals surface area contributed by atoms with Crippen molar-refractivity contribution in [1.82, 2.24) is 16.0 Å². The van der Waals surface area contributed by atoms with Gasteiger partial charge in [0.15, 0.2) is 0 Å². The molecule has 1 saturated heterocycles. The molecule has 1 fully saturated rings. The lowest BCUT2D eigenvalue weighted by molar-refractivity contribution is -0.144. The van der Waals surface area contributed by atoms with Crippen molar-refractivity contribution < 1.29 is 29.0 Å². The van der Waals surface area contributed by atoms with E-state index in [9.17, 15) is 24.3 Å². The quantitative estimate of drug-likeness (QED) is 0.159. The lowest BCUT2D eigenvalue weighted by Crippen LogP contribution is -2.53. The number of hydrogen-bond donors (Lipinski definition) is 5.